The first-order valence-electron chi connectivity index (χ1n) is 9.39. The van der Waals surface area contributed by atoms with Gasteiger partial charge in [-0.3, -0.25) is 9.59 Å². The van der Waals surface area contributed by atoms with Crippen molar-refractivity contribution in [3.63, 3.8) is 0 Å². The number of amides is 2. The third-order valence-electron chi connectivity index (χ3n) is 4.85. The molecule has 0 bridgehead atoms. The van der Waals surface area contributed by atoms with Crippen LogP contribution in [0.3, 0.4) is 0 Å². The van der Waals surface area contributed by atoms with E-state index in [0.717, 1.165) is 38.7 Å². The molecule has 1 unspecified atom stereocenters. The van der Waals surface area contributed by atoms with Crippen molar-refractivity contribution in [2.24, 2.45) is 5.73 Å². The van der Waals surface area contributed by atoms with Crippen molar-refractivity contribution in [3.05, 3.63) is 70.8 Å². The highest BCUT2D eigenvalue weighted by Gasteiger charge is 2.44. The molecular formula is C20H22F2N4O4S. The summed E-state index contributed by atoms with van der Waals surface area (Å²) in [4.78, 5) is 26.8. The third-order valence-corrected chi connectivity index (χ3v) is 6.09. The van der Waals surface area contributed by atoms with E-state index in [0.29, 0.717) is 12.6 Å². The lowest BCUT2D eigenvalue weighted by Gasteiger charge is -2.28. The molecule has 0 aliphatic carbocycles. The van der Waals surface area contributed by atoms with E-state index in [9.17, 15) is 26.8 Å². The lowest BCUT2D eigenvalue weighted by Crippen LogP contribution is -2.53. The molecule has 0 radical (unpaired) electrons. The first-order chi connectivity index (χ1) is 14.6. The van der Waals surface area contributed by atoms with Gasteiger partial charge in [0, 0.05) is 37.8 Å². The highest BCUT2D eigenvalue weighted by molar-refractivity contribution is 7.88. The van der Waals surface area contributed by atoms with E-state index in [1.807, 2.05) is 6.07 Å². The van der Waals surface area contributed by atoms with Gasteiger partial charge < -0.3 is 16.0 Å². The number of nitrogens with zero attached hydrogens (tertiary/aromatic N) is 2. The fraction of sp³-hybridized carbons (Fsp3) is 0.300. The molecule has 1 fully saturated rings. The van der Waals surface area contributed by atoms with Crippen molar-refractivity contribution in [1.82, 2.24) is 14.5 Å². The number of carbonyl (C=O) groups excluding carboxylic acids is 2. The first-order valence-corrected chi connectivity index (χ1v) is 11.2. The van der Waals surface area contributed by atoms with Gasteiger partial charge in [-0.05, 0) is 23.3 Å². The van der Waals surface area contributed by atoms with Gasteiger partial charge in [0.25, 0.3) is 11.8 Å². The van der Waals surface area contributed by atoms with Crippen LogP contribution in [0.1, 0.15) is 21.5 Å². The third kappa shape index (κ3) is 5.24. The minimum atomic E-state index is -3.84. The number of nitrogens with two attached hydrogens (primary N) is 1. The number of sulfonamides is 1. The van der Waals surface area contributed by atoms with Crippen LogP contribution in [-0.4, -0.2) is 54.9 Å². The maximum Gasteiger partial charge on any atom is 0.259 e. The molecule has 0 aromatic heterocycles. The SMILES string of the molecule is CS(=O)(=O)N1CCN(C(=O)c2cc(F)cc(F)c2)C1C(=O)NCc1cccc(CN)c1. The van der Waals surface area contributed by atoms with E-state index >= 15 is 0 Å². The Morgan fingerprint density at radius 2 is 1.74 bits per heavy atom. The summed E-state index contributed by atoms with van der Waals surface area (Å²) >= 11 is 0. The van der Waals surface area contributed by atoms with Gasteiger partial charge in [-0.1, -0.05) is 24.3 Å². The number of hydrogen-bond acceptors (Lipinski definition) is 5. The predicted octanol–water partition coefficient (Wildman–Crippen LogP) is 0.783. The van der Waals surface area contributed by atoms with Crippen LogP contribution in [0.5, 0.6) is 0 Å². The molecule has 0 spiro atoms. The van der Waals surface area contributed by atoms with Gasteiger partial charge >= 0.3 is 0 Å². The Hall–Kier alpha value is -2.89. The van der Waals surface area contributed by atoms with Gasteiger partial charge in [-0.2, -0.15) is 4.31 Å². The minimum absolute atomic E-state index is 0.0808. The number of nitrogens with one attached hydrogen (secondary N) is 1. The quantitative estimate of drug-likeness (QED) is 0.673. The van der Waals surface area contributed by atoms with E-state index in [1.54, 1.807) is 18.2 Å². The second-order valence-electron chi connectivity index (χ2n) is 7.15. The van der Waals surface area contributed by atoms with Crippen LogP contribution >= 0.6 is 0 Å². The Morgan fingerprint density at radius 1 is 1.10 bits per heavy atom. The van der Waals surface area contributed by atoms with Crippen LogP contribution in [-0.2, 0) is 27.9 Å². The van der Waals surface area contributed by atoms with Crippen LogP contribution in [0.15, 0.2) is 42.5 Å². The maximum absolute atomic E-state index is 13.6. The Labute approximate surface area is 178 Å². The average molecular weight is 452 g/mol. The smallest absolute Gasteiger partial charge is 0.259 e. The molecule has 1 aliphatic rings. The lowest BCUT2D eigenvalue weighted by atomic mass is 10.1. The molecule has 0 saturated carbocycles. The van der Waals surface area contributed by atoms with Crippen LogP contribution < -0.4 is 11.1 Å². The number of halogens is 2. The molecule has 166 valence electrons. The molecule has 2 amide bonds. The summed E-state index contributed by atoms with van der Waals surface area (Å²) in [6.45, 7) is 0.171. The highest BCUT2D eigenvalue weighted by Crippen LogP contribution is 2.22. The van der Waals surface area contributed by atoms with Gasteiger partial charge in [0.05, 0.1) is 6.26 Å². The van der Waals surface area contributed by atoms with Crippen molar-refractivity contribution in [1.29, 1.82) is 0 Å². The van der Waals surface area contributed by atoms with Crippen molar-refractivity contribution in [3.8, 4) is 0 Å². The van der Waals surface area contributed by atoms with E-state index in [4.69, 9.17) is 5.73 Å². The van der Waals surface area contributed by atoms with Gasteiger partial charge in [-0.15, -0.1) is 0 Å². The molecule has 1 atom stereocenters. The van der Waals surface area contributed by atoms with Gasteiger partial charge in [-0.25, -0.2) is 17.2 Å². The zero-order valence-electron chi connectivity index (χ0n) is 16.7. The Morgan fingerprint density at radius 3 is 2.35 bits per heavy atom. The number of hydrogen-bond donors (Lipinski definition) is 2. The predicted molar refractivity (Wildman–Crippen MR) is 109 cm³/mol. The van der Waals surface area contributed by atoms with Crippen LogP contribution in [0.2, 0.25) is 0 Å². The van der Waals surface area contributed by atoms with Crippen LogP contribution in [0, 0.1) is 11.6 Å². The van der Waals surface area contributed by atoms with Crippen LogP contribution in [0.4, 0.5) is 8.78 Å². The van der Waals surface area contributed by atoms with Gasteiger partial charge in [0.2, 0.25) is 10.0 Å². The number of carbonyl (C=O) groups is 2. The van der Waals surface area contributed by atoms with Crippen molar-refractivity contribution < 1.29 is 26.8 Å². The average Bonchev–Trinajstić information content (AvgIpc) is 3.16. The summed E-state index contributed by atoms with van der Waals surface area (Å²) in [5.74, 6) is -3.49. The molecule has 31 heavy (non-hydrogen) atoms. The van der Waals surface area contributed by atoms with E-state index in [1.165, 1.54) is 0 Å². The van der Waals surface area contributed by atoms with Crippen molar-refractivity contribution in [2.45, 2.75) is 19.3 Å². The molecule has 3 N–H and O–H groups in total. The molecule has 1 saturated heterocycles. The Kier molecular flexibility index (Phi) is 6.68. The Balaban J connectivity index is 1.85. The van der Waals surface area contributed by atoms with Gasteiger partial charge in [0.1, 0.15) is 11.6 Å². The van der Waals surface area contributed by atoms with E-state index in [-0.39, 0.29) is 25.2 Å². The summed E-state index contributed by atoms with van der Waals surface area (Å²) in [5.41, 5.74) is 6.89. The molecule has 1 aliphatic heterocycles. The summed E-state index contributed by atoms with van der Waals surface area (Å²) in [6, 6.07) is 9.44. The monoisotopic (exact) mass is 452 g/mol. The summed E-state index contributed by atoms with van der Waals surface area (Å²) in [6.07, 6.45) is -0.556. The number of rotatable bonds is 6. The summed E-state index contributed by atoms with van der Waals surface area (Å²) < 4.78 is 52.4. The standard InChI is InChI=1S/C20H22F2N4O4S/c1-31(29,30)26-6-5-25(20(28)15-8-16(21)10-17(22)9-15)19(26)18(27)24-12-14-4-2-3-13(7-14)11-23/h2-4,7-10,19H,5-6,11-12,23H2,1H3,(H,24,27). The lowest BCUT2D eigenvalue weighted by molar-refractivity contribution is -0.127. The zero-order valence-corrected chi connectivity index (χ0v) is 17.5. The summed E-state index contributed by atoms with van der Waals surface area (Å²) in [7, 11) is -3.84. The first kappa shape index (κ1) is 22.8. The fourth-order valence-electron chi connectivity index (χ4n) is 3.43. The summed E-state index contributed by atoms with van der Waals surface area (Å²) in [5, 5.41) is 2.63. The van der Waals surface area contributed by atoms with Crippen molar-refractivity contribution in [2.75, 3.05) is 19.3 Å². The van der Waals surface area contributed by atoms with Crippen molar-refractivity contribution >= 4 is 21.8 Å². The molecule has 11 heteroatoms. The molecule has 3 rings (SSSR count). The van der Waals surface area contributed by atoms with E-state index in [2.05, 4.69) is 5.32 Å². The molecular weight excluding hydrogens is 430 g/mol. The second-order valence-corrected chi connectivity index (χ2v) is 9.08. The molecule has 1 heterocycles. The van der Waals surface area contributed by atoms with Crippen LogP contribution in [0.25, 0.3) is 0 Å². The molecule has 2 aromatic carbocycles. The molecule has 2 aromatic rings. The minimum Gasteiger partial charge on any atom is -0.349 e. The normalized spacial score (nSPS) is 17.0. The topological polar surface area (TPSA) is 113 Å². The zero-order chi connectivity index (χ0) is 22.8. The number of benzene rings is 2. The largest absolute Gasteiger partial charge is 0.349 e. The van der Waals surface area contributed by atoms with E-state index < -0.39 is 39.6 Å². The fourth-order valence-corrected chi connectivity index (χ4v) is 4.41. The highest BCUT2D eigenvalue weighted by atomic mass is 32.2. The Bertz CT molecular complexity index is 1090. The second kappa shape index (κ2) is 9.08. The molecule has 8 nitrogen and oxygen atoms in total. The van der Waals surface area contributed by atoms with Gasteiger partial charge in [0.15, 0.2) is 6.17 Å². The maximum atomic E-state index is 13.6.